The van der Waals surface area contributed by atoms with E-state index < -0.39 is 0 Å². The first-order chi connectivity index (χ1) is 10.7. The fourth-order valence-electron chi connectivity index (χ4n) is 2.55. The van der Waals surface area contributed by atoms with Crippen LogP contribution in [0.2, 0.25) is 0 Å². The van der Waals surface area contributed by atoms with Crippen LogP contribution in [-0.4, -0.2) is 36.2 Å². The zero-order valence-corrected chi connectivity index (χ0v) is 14.7. The van der Waals surface area contributed by atoms with Crippen molar-refractivity contribution < 1.29 is 18.7 Å². The van der Waals surface area contributed by atoms with E-state index in [0.717, 1.165) is 5.76 Å². The number of allylic oxidation sites excluding steroid dienone is 1. The minimum atomic E-state index is -0.313. The maximum absolute atomic E-state index is 12.1. The van der Waals surface area contributed by atoms with Crippen LogP contribution < -0.4 is 5.32 Å². The van der Waals surface area contributed by atoms with Gasteiger partial charge in [0, 0.05) is 18.0 Å². The van der Waals surface area contributed by atoms with E-state index in [2.05, 4.69) is 39.6 Å². The van der Waals surface area contributed by atoms with E-state index in [1.165, 1.54) is 0 Å². The molecule has 5 nitrogen and oxygen atoms in total. The lowest BCUT2D eigenvalue weighted by atomic mass is 9.83. The average molecular weight is 321 g/mol. The van der Waals surface area contributed by atoms with Crippen molar-refractivity contribution >= 4 is 5.78 Å². The molecule has 1 aromatic heterocycles. The molecule has 1 atom stereocenters. The van der Waals surface area contributed by atoms with Gasteiger partial charge >= 0.3 is 0 Å². The van der Waals surface area contributed by atoms with Crippen LogP contribution in [0.4, 0.5) is 0 Å². The lowest BCUT2D eigenvalue weighted by Crippen LogP contribution is -2.66. The fourth-order valence-corrected chi connectivity index (χ4v) is 2.55. The molecule has 1 saturated heterocycles. The fraction of sp³-hybridized carbons (Fsp3) is 0.611. The second kappa shape index (κ2) is 6.49. The second-order valence-corrected chi connectivity index (χ2v) is 6.94. The van der Waals surface area contributed by atoms with E-state index >= 15 is 0 Å². The molecule has 0 saturated carbocycles. The highest BCUT2D eigenvalue weighted by Crippen LogP contribution is 2.30. The van der Waals surface area contributed by atoms with E-state index in [0.29, 0.717) is 19.6 Å². The highest BCUT2D eigenvalue weighted by Gasteiger charge is 2.43. The summed E-state index contributed by atoms with van der Waals surface area (Å²) in [5, 5.41) is 3.60. The monoisotopic (exact) mass is 321 g/mol. The molecule has 1 fully saturated rings. The molecule has 1 aliphatic heterocycles. The SMILES string of the molecule is C=C(OCC)C(=O)c1ccc(CC2COC(C)(C)C(C)(C)N2)o1. The van der Waals surface area contributed by atoms with E-state index in [4.69, 9.17) is 13.9 Å². The number of carbonyl (C=O) groups is 1. The Morgan fingerprint density at radius 3 is 2.70 bits per heavy atom. The van der Waals surface area contributed by atoms with E-state index in [1.54, 1.807) is 6.07 Å². The largest absolute Gasteiger partial charge is 0.490 e. The van der Waals surface area contributed by atoms with Gasteiger partial charge in [0.25, 0.3) is 5.78 Å². The van der Waals surface area contributed by atoms with Gasteiger partial charge in [0.15, 0.2) is 11.5 Å². The number of rotatable bonds is 6. The van der Waals surface area contributed by atoms with Crippen molar-refractivity contribution in [1.29, 1.82) is 0 Å². The Morgan fingerprint density at radius 1 is 1.39 bits per heavy atom. The molecule has 1 aromatic rings. The molecule has 1 unspecified atom stereocenters. The van der Waals surface area contributed by atoms with Gasteiger partial charge in [0.2, 0.25) is 0 Å². The van der Waals surface area contributed by atoms with Crippen LogP contribution in [0, 0.1) is 0 Å². The molecule has 0 spiro atoms. The van der Waals surface area contributed by atoms with Gasteiger partial charge in [0.05, 0.1) is 18.8 Å². The molecular formula is C18H27NO4. The molecule has 2 heterocycles. The van der Waals surface area contributed by atoms with Crippen molar-refractivity contribution in [3.8, 4) is 0 Å². The zero-order chi connectivity index (χ0) is 17.3. The van der Waals surface area contributed by atoms with Gasteiger partial charge in [-0.15, -0.1) is 0 Å². The molecular weight excluding hydrogens is 294 g/mol. The second-order valence-electron chi connectivity index (χ2n) is 6.94. The summed E-state index contributed by atoms with van der Waals surface area (Å²) in [4.78, 5) is 12.1. The number of carbonyl (C=O) groups excluding carboxylic acids is 1. The highest BCUT2D eigenvalue weighted by atomic mass is 16.5. The van der Waals surface area contributed by atoms with Crippen molar-refractivity contribution in [1.82, 2.24) is 5.32 Å². The summed E-state index contributed by atoms with van der Waals surface area (Å²) >= 11 is 0. The average Bonchev–Trinajstić information content (AvgIpc) is 2.91. The number of ether oxygens (including phenoxy) is 2. The minimum absolute atomic E-state index is 0.107. The Morgan fingerprint density at radius 2 is 2.09 bits per heavy atom. The topological polar surface area (TPSA) is 60.7 Å². The molecule has 128 valence electrons. The number of nitrogens with one attached hydrogen (secondary N) is 1. The molecule has 23 heavy (non-hydrogen) atoms. The smallest absolute Gasteiger partial charge is 0.261 e. The Labute approximate surface area is 138 Å². The van der Waals surface area contributed by atoms with Gasteiger partial charge < -0.3 is 19.2 Å². The van der Waals surface area contributed by atoms with Gasteiger partial charge in [-0.1, -0.05) is 6.58 Å². The molecule has 0 aliphatic carbocycles. The Bertz CT molecular complexity index is 586. The van der Waals surface area contributed by atoms with Crippen LogP contribution in [0.5, 0.6) is 0 Å². The summed E-state index contributed by atoms with van der Waals surface area (Å²) in [7, 11) is 0. The van der Waals surface area contributed by atoms with Gasteiger partial charge in [-0.05, 0) is 46.8 Å². The number of hydrogen-bond donors (Lipinski definition) is 1. The van der Waals surface area contributed by atoms with Crippen LogP contribution >= 0.6 is 0 Å². The number of morpholine rings is 1. The first-order valence-corrected chi connectivity index (χ1v) is 8.03. The summed E-state index contributed by atoms with van der Waals surface area (Å²) in [6, 6.07) is 3.63. The van der Waals surface area contributed by atoms with Gasteiger partial charge in [0.1, 0.15) is 5.76 Å². The molecule has 1 aliphatic rings. The first-order valence-electron chi connectivity index (χ1n) is 8.03. The van der Waals surface area contributed by atoms with Crippen molar-refractivity contribution in [2.24, 2.45) is 0 Å². The standard InChI is InChI=1S/C18H27NO4/c1-7-21-12(2)16(20)15-9-8-14(23-15)10-13-11-22-18(5,6)17(3,4)19-13/h8-9,13,19H,2,7,10-11H2,1,3-6H3. The molecule has 0 radical (unpaired) electrons. The molecule has 5 heteroatoms. The van der Waals surface area contributed by atoms with Crippen LogP contribution in [0.3, 0.4) is 0 Å². The van der Waals surface area contributed by atoms with Gasteiger partial charge in [-0.2, -0.15) is 0 Å². The summed E-state index contributed by atoms with van der Waals surface area (Å²) in [6.45, 7) is 14.9. The van der Waals surface area contributed by atoms with Crippen molar-refractivity contribution in [3.63, 3.8) is 0 Å². The maximum atomic E-state index is 12.1. The van der Waals surface area contributed by atoms with E-state index in [-0.39, 0.29) is 34.5 Å². The Hall–Kier alpha value is -1.59. The minimum Gasteiger partial charge on any atom is -0.490 e. The molecule has 0 amide bonds. The third-order valence-electron chi connectivity index (χ3n) is 4.62. The van der Waals surface area contributed by atoms with Gasteiger partial charge in [-0.3, -0.25) is 4.79 Å². The normalized spacial score (nSPS) is 22.6. The van der Waals surface area contributed by atoms with Crippen molar-refractivity contribution in [2.45, 2.75) is 58.2 Å². The predicted molar refractivity (Wildman–Crippen MR) is 88.5 cm³/mol. The third-order valence-corrected chi connectivity index (χ3v) is 4.62. The summed E-state index contributed by atoms with van der Waals surface area (Å²) in [6.07, 6.45) is 0.661. The number of Topliss-reactive ketones (excluding diaryl/α,β-unsaturated/α-hetero) is 1. The van der Waals surface area contributed by atoms with E-state index in [9.17, 15) is 4.79 Å². The van der Waals surface area contributed by atoms with Crippen LogP contribution in [0.25, 0.3) is 0 Å². The summed E-state index contributed by atoms with van der Waals surface area (Å²) < 4.78 is 16.8. The van der Waals surface area contributed by atoms with Gasteiger partial charge in [-0.25, -0.2) is 0 Å². The molecule has 2 rings (SSSR count). The molecule has 0 aromatic carbocycles. The first kappa shape index (κ1) is 17.8. The number of hydrogen-bond acceptors (Lipinski definition) is 5. The molecule has 0 bridgehead atoms. The number of furan rings is 1. The Kier molecular flexibility index (Phi) is 5.01. The highest BCUT2D eigenvalue weighted by molar-refractivity contribution is 6.04. The summed E-state index contributed by atoms with van der Waals surface area (Å²) in [5.41, 5.74) is -0.382. The lowest BCUT2D eigenvalue weighted by molar-refractivity contribution is -0.121. The zero-order valence-electron chi connectivity index (χ0n) is 14.7. The quantitative estimate of drug-likeness (QED) is 0.495. The Balaban J connectivity index is 2.00. The third kappa shape index (κ3) is 3.85. The van der Waals surface area contributed by atoms with E-state index in [1.807, 2.05) is 13.0 Å². The molecule has 1 N–H and O–H groups in total. The van der Waals surface area contributed by atoms with Crippen LogP contribution in [0.15, 0.2) is 28.9 Å². The number of ketones is 1. The maximum Gasteiger partial charge on any atom is 0.261 e. The van der Waals surface area contributed by atoms with Crippen molar-refractivity contribution in [2.75, 3.05) is 13.2 Å². The van der Waals surface area contributed by atoms with Crippen molar-refractivity contribution in [3.05, 3.63) is 36.0 Å². The summed E-state index contributed by atoms with van der Waals surface area (Å²) in [5.74, 6) is 0.798. The predicted octanol–water partition coefficient (Wildman–Crippen LogP) is 3.10. The lowest BCUT2D eigenvalue weighted by Gasteiger charge is -2.49. The van der Waals surface area contributed by atoms with Crippen LogP contribution in [-0.2, 0) is 15.9 Å². The van der Waals surface area contributed by atoms with Crippen LogP contribution in [0.1, 0.15) is 50.9 Å².